The van der Waals surface area contributed by atoms with Gasteiger partial charge in [0.15, 0.2) is 0 Å². The van der Waals surface area contributed by atoms with Crippen LogP contribution < -0.4 is 5.32 Å². The normalized spacial score (nSPS) is 17.5. The lowest BCUT2D eigenvalue weighted by atomic mass is 10.2. The Morgan fingerprint density at radius 2 is 1.02 bits per heavy atom. The molecule has 1 rings (SSSR count). The molecular formula is C30H57N5O8. The topological polar surface area (TPSA) is 141 Å². The number of rotatable bonds is 11. The Morgan fingerprint density at radius 1 is 0.628 bits per heavy atom. The number of carbonyl (C=O) groups is 4. The SMILES string of the molecule is CC(C)(C)OC(=O)CN1CCNCCN(CC(=O)OC(C)(C)C)CCN(CCN(CC(=O)O)CC(=O)OC(C)(C)C)CC1. The number of hydrogen-bond donors (Lipinski definition) is 2. The number of hydrogen-bond acceptors (Lipinski definition) is 12. The smallest absolute Gasteiger partial charge is 0.320 e. The molecular weight excluding hydrogens is 558 g/mol. The van der Waals surface area contributed by atoms with E-state index in [2.05, 4.69) is 10.2 Å². The van der Waals surface area contributed by atoms with E-state index in [1.165, 1.54) is 0 Å². The molecule has 0 aliphatic carbocycles. The molecule has 43 heavy (non-hydrogen) atoms. The van der Waals surface area contributed by atoms with Gasteiger partial charge in [0.2, 0.25) is 0 Å². The molecule has 1 aliphatic heterocycles. The second-order valence-electron chi connectivity index (χ2n) is 14.0. The largest absolute Gasteiger partial charge is 0.480 e. The second kappa shape index (κ2) is 17.8. The van der Waals surface area contributed by atoms with E-state index in [1.807, 2.05) is 51.3 Å². The predicted octanol–water partition coefficient (Wildman–Crippen LogP) is 0.907. The molecule has 13 nitrogen and oxygen atoms in total. The zero-order valence-corrected chi connectivity index (χ0v) is 28.0. The molecule has 0 aromatic heterocycles. The summed E-state index contributed by atoms with van der Waals surface area (Å²) in [5.41, 5.74) is -1.83. The van der Waals surface area contributed by atoms with Crippen LogP contribution in [-0.2, 0) is 33.4 Å². The lowest BCUT2D eigenvalue weighted by molar-refractivity contribution is -0.157. The third-order valence-corrected chi connectivity index (χ3v) is 6.08. The van der Waals surface area contributed by atoms with E-state index in [9.17, 15) is 24.3 Å². The monoisotopic (exact) mass is 615 g/mol. The van der Waals surface area contributed by atoms with Gasteiger partial charge in [0.1, 0.15) is 16.8 Å². The van der Waals surface area contributed by atoms with E-state index in [-0.39, 0.29) is 38.1 Å². The lowest BCUT2D eigenvalue weighted by Crippen LogP contribution is -2.49. The van der Waals surface area contributed by atoms with E-state index < -0.39 is 28.7 Å². The van der Waals surface area contributed by atoms with Crippen LogP contribution in [0.3, 0.4) is 0 Å². The summed E-state index contributed by atoms with van der Waals surface area (Å²) in [7, 11) is 0. The minimum Gasteiger partial charge on any atom is -0.480 e. The summed E-state index contributed by atoms with van der Waals surface area (Å²) in [6, 6.07) is 0. The van der Waals surface area contributed by atoms with Crippen molar-refractivity contribution in [1.29, 1.82) is 0 Å². The maximum Gasteiger partial charge on any atom is 0.320 e. The highest BCUT2D eigenvalue weighted by atomic mass is 16.6. The average Bonchev–Trinajstić information content (AvgIpc) is 2.77. The molecule has 1 heterocycles. The molecule has 0 saturated carbocycles. The first-order chi connectivity index (χ1) is 19.7. The van der Waals surface area contributed by atoms with Gasteiger partial charge in [0.05, 0.1) is 26.2 Å². The number of carbonyl (C=O) groups excluding carboxylic acids is 3. The number of aliphatic carboxylic acids is 1. The fraction of sp³-hybridized carbons (Fsp3) is 0.867. The van der Waals surface area contributed by atoms with Gasteiger partial charge in [-0.3, -0.25) is 38.8 Å². The van der Waals surface area contributed by atoms with E-state index in [1.54, 1.807) is 25.7 Å². The van der Waals surface area contributed by atoms with Gasteiger partial charge >= 0.3 is 23.9 Å². The highest BCUT2D eigenvalue weighted by molar-refractivity contribution is 5.74. The van der Waals surface area contributed by atoms with Crippen molar-refractivity contribution in [3.05, 3.63) is 0 Å². The minimum atomic E-state index is -1.03. The van der Waals surface area contributed by atoms with Crippen LogP contribution in [-0.4, -0.2) is 157 Å². The molecule has 13 heteroatoms. The standard InChI is InChI=1S/C30H57N5O8/c1-28(2,3)41-25(38)21-33-12-10-31-11-13-34(22-26(39)42-29(4,5)6)18-15-32(14-17-33)16-19-35(20-24(36)37)23-27(40)43-30(7,8)9/h31H,10-23H2,1-9H3,(H,36,37). The highest BCUT2D eigenvalue weighted by Crippen LogP contribution is 2.10. The van der Waals surface area contributed by atoms with Crippen molar-refractivity contribution in [2.24, 2.45) is 0 Å². The molecule has 0 bridgehead atoms. The molecule has 0 atom stereocenters. The predicted molar refractivity (Wildman–Crippen MR) is 164 cm³/mol. The van der Waals surface area contributed by atoms with Crippen molar-refractivity contribution in [3.63, 3.8) is 0 Å². The molecule has 1 fully saturated rings. The van der Waals surface area contributed by atoms with Crippen LogP contribution in [0.15, 0.2) is 0 Å². The van der Waals surface area contributed by atoms with E-state index in [4.69, 9.17) is 14.2 Å². The Kier molecular flexibility index (Phi) is 16.1. The number of esters is 3. The summed E-state index contributed by atoms with van der Waals surface area (Å²) in [5.74, 6) is -2.10. The first kappa shape index (κ1) is 38.7. The van der Waals surface area contributed by atoms with Gasteiger partial charge in [-0.05, 0) is 62.3 Å². The summed E-state index contributed by atoms with van der Waals surface area (Å²) in [6.45, 7) is 21.9. The maximum atomic E-state index is 12.6. The van der Waals surface area contributed by atoms with Crippen molar-refractivity contribution in [2.75, 3.05) is 91.6 Å². The molecule has 0 amide bonds. The zero-order chi connectivity index (χ0) is 32.8. The molecule has 2 N–H and O–H groups in total. The number of ether oxygens (including phenoxy) is 3. The Labute approximate surface area is 258 Å². The van der Waals surface area contributed by atoms with Gasteiger partial charge < -0.3 is 24.6 Å². The molecule has 1 aliphatic rings. The molecule has 0 aromatic carbocycles. The summed E-state index contributed by atoms with van der Waals surface area (Å²) in [5, 5.41) is 12.9. The molecule has 0 aromatic rings. The van der Waals surface area contributed by atoms with Gasteiger partial charge in [0.25, 0.3) is 0 Å². The second-order valence-corrected chi connectivity index (χ2v) is 14.0. The Hall–Kier alpha value is -2.32. The van der Waals surface area contributed by atoms with Crippen molar-refractivity contribution in [1.82, 2.24) is 24.9 Å². The Bertz CT molecular complexity index is 850. The van der Waals surface area contributed by atoms with Crippen molar-refractivity contribution in [2.45, 2.75) is 79.1 Å². The molecule has 250 valence electrons. The van der Waals surface area contributed by atoms with Gasteiger partial charge in [0, 0.05) is 65.4 Å². The Balaban J connectivity index is 3.02. The van der Waals surface area contributed by atoms with Crippen LogP contribution in [0.5, 0.6) is 0 Å². The van der Waals surface area contributed by atoms with Crippen LogP contribution in [0.4, 0.5) is 0 Å². The summed E-state index contributed by atoms with van der Waals surface area (Å²) >= 11 is 0. The number of carboxylic acid groups (broad SMARTS) is 1. The molecule has 0 spiro atoms. The van der Waals surface area contributed by atoms with Crippen molar-refractivity contribution in [3.8, 4) is 0 Å². The van der Waals surface area contributed by atoms with Crippen LogP contribution in [0.25, 0.3) is 0 Å². The van der Waals surface area contributed by atoms with Crippen LogP contribution in [0.1, 0.15) is 62.3 Å². The number of carboxylic acids is 1. The molecule has 1 saturated heterocycles. The Morgan fingerprint density at radius 3 is 1.42 bits per heavy atom. The fourth-order valence-corrected chi connectivity index (χ4v) is 4.40. The first-order valence-electron chi connectivity index (χ1n) is 15.2. The summed E-state index contributed by atoms with van der Waals surface area (Å²) in [6.07, 6.45) is 0. The zero-order valence-electron chi connectivity index (χ0n) is 28.0. The van der Waals surface area contributed by atoms with Crippen LogP contribution >= 0.6 is 0 Å². The van der Waals surface area contributed by atoms with Gasteiger partial charge in [-0.2, -0.15) is 0 Å². The van der Waals surface area contributed by atoms with Crippen LogP contribution in [0.2, 0.25) is 0 Å². The molecule has 0 radical (unpaired) electrons. The first-order valence-corrected chi connectivity index (χ1v) is 15.2. The van der Waals surface area contributed by atoms with Crippen molar-refractivity contribution < 1.29 is 38.5 Å². The van der Waals surface area contributed by atoms with E-state index >= 15 is 0 Å². The van der Waals surface area contributed by atoms with Crippen molar-refractivity contribution >= 4 is 23.9 Å². The molecule has 0 unspecified atom stereocenters. The highest BCUT2D eigenvalue weighted by Gasteiger charge is 2.24. The summed E-state index contributed by atoms with van der Waals surface area (Å²) in [4.78, 5) is 57.0. The quantitative estimate of drug-likeness (QED) is 0.251. The van der Waals surface area contributed by atoms with Gasteiger partial charge in [-0.15, -0.1) is 0 Å². The van der Waals surface area contributed by atoms with E-state index in [0.29, 0.717) is 65.4 Å². The number of nitrogens with zero attached hydrogens (tertiary/aromatic N) is 4. The van der Waals surface area contributed by atoms with Crippen LogP contribution in [0, 0.1) is 0 Å². The van der Waals surface area contributed by atoms with Gasteiger partial charge in [-0.25, -0.2) is 0 Å². The third-order valence-electron chi connectivity index (χ3n) is 6.08. The maximum absolute atomic E-state index is 12.6. The minimum absolute atomic E-state index is 0.140. The number of nitrogens with one attached hydrogen (secondary N) is 1. The average molecular weight is 616 g/mol. The summed E-state index contributed by atoms with van der Waals surface area (Å²) < 4.78 is 16.5. The van der Waals surface area contributed by atoms with Gasteiger partial charge in [-0.1, -0.05) is 0 Å². The lowest BCUT2D eigenvalue weighted by Gasteiger charge is -2.33. The third kappa shape index (κ3) is 21.1. The fourth-order valence-electron chi connectivity index (χ4n) is 4.40. The van der Waals surface area contributed by atoms with E-state index in [0.717, 1.165) is 0 Å².